The van der Waals surface area contributed by atoms with Crippen LogP contribution in [0.4, 0.5) is 0 Å². The van der Waals surface area contributed by atoms with Gasteiger partial charge in [-0.25, -0.2) is 4.79 Å². The third kappa shape index (κ3) is 6.30. The Labute approximate surface area is 228 Å². The second-order valence-corrected chi connectivity index (χ2v) is 11.9. The maximum absolute atomic E-state index is 11.3. The van der Waals surface area contributed by atoms with Crippen molar-refractivity contribution in [3.63, 3.8) is 0 Å². The van der Waals surface area contributed by atoms with Crippen molar-refractivity contribution in [2.75, 3.05) is 19.7 Å². The normalized spacial score (nSPS) is 15.6. The molecule has 0 saturated carbocycles. The molecule has 0 aromatic heterocycles. The number of unbranched alkanes of at least 4 members (excludes halogenated alkanes) is 2. The molecule has 0 saturated heterocycles. The molecule has 0 unspecified atom stereocenters. The highest BCUT2D eigenvalue weighted by atomic mass is 16.5. The van der Waals surface area contributed by atoms with Crippen molar-refractivity contribution in [3.8, 4) is 28.0 Å². The third-order valence-electron chi connectivity index (χ3n) is 8.11. The number of fused-ring (bicyclic) bond motifs is 1. The van der Waals surface area contributed by atoms with E-state index < -0.39 is 5.97 Å². The van der Waals surface area contributed by atoms with E-state index in [1.54, 1.807) is 12.1 Å². The first-order valence-corrected chi connectivity index (χ1v) is 14.1. The predicted octanol–water partition coefficient (Wildman–Crippen LogP) is 8.23. The van der Waals surface area contributed by atoms with Gasteiger partial charge in [-0.1, -0.05) is 71.0 Å². The lowest BCUT2D eigenvalue weighted by Gasteiger charge is -2.42. The highest BCUT2D eigenvalue weighted by Crippen LogP contribution is 2.47. The average molecular weight is 514 g/mol. The van der Waals surface area contributed by atoms with Gasteiger partial charge in [0.25, 0.3) is 0 Å². The first-order chi connectivity index (χ1) is 18.1. The van der Waals surface area contributed by atoms with Crippen molar-refractivity contribution in [2.24, 2.45) is 0 Å². The zero-order valence-corrected chi connectivity index (χ0v) is 23.7. The van der Waals surface area contributed by atoms with Gasteiger partial charge in [0.2, 0.25) is 0 Å². The fourth-order valence-corrected chi connectivity index (χ4v) is 5.51. The highest BCUT2D eigenvalue weighted by molar-refractivity contribution is 5.88. The van der Waals surface area contributed by atoms with Crippen LogP contribution < -0.4 is 10.1 Å². The Morgan fingerprint density at radius 3 is 2.16 bits per heavy atom. The lowest BCUT2D eigenvalue weighted by Crippen LogP contribution is -2.33. The van der Waals surface area contributed by atoms with E-state index in [1.807, 2.05) is 12.1 Å². The minimum Gasteiger partial charge on any atom is -0.493 e. The Morgan fingerprint density at radius 2 is 1.47 bits per heavy atom. The summed E-state index contributed by atoms with van der Waals surface area (Å²) < 4.78 is 6.38. The Kier molecular flexibility index (Phi) is 8.62. The van der Waals surface area contributed by atoms with Gasteiger partial charge in [-0.05, 0) is 108 Å². The van der Waals surface area contributed by atoms with Crippen LogP contribution in [0, 0.1) is 0 Å². The number of aromatic carboxylic acids is 1. The van der Waals surface area contributed by atoms with E-state index in [1.165, 1.54) is 29.5 Å². The van der Waals surface area contributed by atoms with Gasteiger partial charge in [-0.3, -0.25) is 0 Å². The summed E-state index contributed by atoms with van der Waals surface area (Å²) in [6.45, 7) is 14.3. The van der Waals surface area contributed by atoms with Crippen molar-refractivity contribution < 1.29 is 14.6 Å². The van der Waals surface area contributed by atoms with Crippen molar-refractivity contribution in [3.05, 3.63) is 77.4 Å². The zero-order valence-electron chi connectivity index (χ0n) is 23.7. The van der Waals surface area contributed by atoms with Crippen LogP contribution in [-0.2, 0) is 10.8 Å². The number of carboxylic acid groups (broad SMARTS) is 1. The SMILES string of the molecule is CCNCCCCCOc1ccc(-c2ccc(C(=O)O)cc2)cc1-c1ccc2c(c1)C(C)(C)CCC2(C)C. The molecule has 38 heavy (non-hydrogen) atoms. The first kappa shape index (κ1) is 27.9. The van der Waals surface area contributed by atoms with Crippen molar-refractivity contribution in [2.45, 2.75) is 77.6 Å². The Hall–Kier alpha value is -3.11. The smallest absolute Gasteiger partial charge is 0.335 e. The number of carboxylic acids is 1. The molecule has 0 radical (unpaired) electrons. The van der Waals surface area contributed by atoms with Gasteiger partial charge >= 0.3 is 5.97 Å². The molecule has 4 rings (SSSR count). The standard InChI is InChI=1S/C34H43NO3/c1-6-35-20-8-7-9-21-38-31-17-15-26(24-10-12-25(13-11-24)32(36)37)22-28(31)27-14-16-29-30(23-27)34(4,5)19-18-33(29,2)3/h10-17,22-23,35H,6-9,18-21H2,1-5H3,(H,36,37). The van der Waals surface area contributed by atoms with Crippen LogP contribution in [0.5, 0.6) is 5.75 Å². The quantitative estimate of drug-likeness (QED) is 0.254. The van der Waals surface area contributed by atoms with E-state index in [-0.39, 0.29) is 10.8 Å². The maximum atomic E-state index is 11.3. The van der Waals surface area contributed by atoms with E-state index in [9.17, 15) is 9.90 Å². The number of benzene rings is 3. The molecule has 4 heteroatoms. The van der Waals surface area contributed by atoms with Gasteiger partial charge in [0.1, 0.15) is 5.75 Å². The minimum absolute atomic E-state index is 0.124. The summed E-state index contributed by atoms with van der Waals surface area (Å²) in [6, 6.07) is 20.4. The first-order valence-electron chi connectivity index (χ1n) is 14.1. The second kappa shape index (κ2) is 11.7. The maximum Gasteiger partial charge on any atom is 0.335 e. The number of ether oxygens (including phenoxy) is 1. The fourth-order valence-electron chi connectivity index (χ4n) is 5.51. The lowest BCUT2D eigenvalue weighted by molar-refractivity contribution is 0.0697. The van der Waals surface area contributed by atoms with E-state index in [0.717, 1.165) is 54.8 Å². The molecule has 0 heterocycles. The predicted molar refractivity (Wildman–Crippen MR) is 157 cm³/mol. The summed E-state index contributed by atoms with van der Waals surface area (Å²) >= 11 is 0. The lowest BCUT2D eigenvalue weighted by atomic mass is 9.63. The fraction of sp³-hybridized carbons (Fsp3) is 0.441. The highest BCUT2D eigenvalue weighted by Gasteiger charge is 2.37. The number of hydrogen-bond donors (Lipinski definition) is 2. The molecule has 2 N–H and O–H groups in total. The molecule has 0 atom stereocenters. The molecule has 0 spiro atoms. The summed E-state index contributed by atoms with van der Waals surface area (Å²) in [6.07, 6.45) is 5.68. The number of nitrogens with one attached hydrogen (secondary N) is 1. The number of carbonyl (C=O) groups is 1. The molecular formula is C34H43NO3. The second-order valence-electron chi connectivity index (χ2n) is 11.9. The number of rotatable bonds is 11. The van der Waals surface area contributed by atoms with Gasteiger partial charge in [0.05, 0.1) is 12.2 Å². The molecule has 0 aliphatic heterocycles. The topological polar surface area (TPSA) is 58.6 Å². The van der Waals surface area contributed by atoms with Gasteiger partial charge in [0.15, 0.2) is 0 Å². The van der Waals surface area contributed by atoms with E-state index in [4.69, 9.17) is 4.74 Å². The summed E-state index contributed by atoms with van der Waals surface area (Å²) in [5, 5.41) is 12.7. The largest absolute Gasteiger partial charge is 0.493 e. The molecule has 0 amide bonds. The monoisotopic (exact) mass is 513 g/mol. The van der Waals surface area contributed by atoms with Crippen molar-refractivity contribution in [1.29, 1.82) is 0 Å². The van der Waals surface area contributed by atoms with Crippen molar-refractivity contribution >= 4 is 5.97 Å². The Bertz CT molecular complexity index is 1260. The zero-order chi connectivity index (χ0) is 27.3. The molecular weight excluding hydrogens is 470 g/mol. The van der Waals surface area contributed by atoms with Gasteiger partial charge in [-0.2, -0.15) is 0 Å². The molecule has 0 fully saturated rings. The van der Waals surface area contributed by atoms with Crippen LogP contribution in [0.15, 0.2) is 60.7 Å². The van der Waals surface area contributed by atoms with Crippen LogP contribution in [0.1, 0.15) is 88.2 Å². The molecule has 202 valence electrons. The summed E-state index contributed by atoms with van der Waals surface area (Å²) in [4.78, 5) is 11.3. The molecule has 4 nitrogen and oxygen atoms in total. The molecule has 3 aromatic carbocycles. The van der Waals surface area contributed by atoms with E-state index in [0.29, 0.717) is 12.2 Å². The molecule has 1 aliphatic rings. The van der Waals surface area contributed by atoms with Crippen LogP contribution in [0.2, 0.25) is 0 Å². The average Bonchev–Trinajstić information content (AvgIpc) is 2.91. The van der Waals surface area contributed by atoms with E-state index >= 15 is 0 Å². The third-order valence-corrected chi connectivity index (χ3v) is 8.11. The summed E-state index contributed by atoms with van der Waals surface area (Å²) in [7, 11) is 0. The summed E-state index contributed by atoms with van der Waals surface area (Å²) in [5.74, 6) is -0.0125. The Morgan fingerprint density at radius 1 is 0.816 bits per heavy atom. The molecule has 0 bridgehead atoms. The van der Waals surface area contributed by atoms with Crippen LogP contribution in [0.25, 0.3) is 22.3 Å². The van der Waals surface area contributed by atoms with E-state index in [2.05, 4.69) is 76.3 Å². The molecule has 3 aromatic rings. The van der Waals surface area contributed by atoms with Crippen LogP contribution >= 0.6 is 0 Å². The van der Waals surface area contributed by atoms with Crippen LogP contribution in [0.3, 0.4) is 0 Å². The van der Waals surface area contributed by atoms with Gasteiger partial charge in [-0.15, -0.1) is 0 Å². The molecule has 1 aliphatic carbocycles. The van der Waals surface area contributed by atoms with Crippen molar-refractivity contribution in [1.82, 2.24) is 5.32 Å². The van der Waals surface area contributed by atoms with Gasteiger partial charge in [0, 0.05) is 5.56 Å². The summed E-state index contributed by atoms with van der Waals surface area (Å²) in [5.41, 5.74) is 7.75. The minimum atomic E-state index is -0.911. The number of hydrogen-bond acceptors (Lipinski definition) is 3. The van der Waals surface area contributed by atoms with Gasteiger partial charge < -0.3 is 15.2 Å². The Balaban J connectivity index is 1.68. The van der Waals surface area contributed by atoms with Crippen LogP contribution in [-0.4, -0.2) is 30.8 Å².